The van der Waals surface area contributed by atoms with Gasteiger partial charge in [-0.15, -0.1) is 11.6 Å². The number of halogens is 1. The Labute approximate surface area is 131 Å². The van der Waals surface area contributed by atoms with Gasteiger partial charge in [-0.1, -0.05) is 12.1 Å². The Morgan fingerprint density at radius 3 is 2.86 bits per heavy atom. The molecule has 0 aromatic heterocycles. The first-order valence-electron chi connectivity index (χ1n) is 7.74. The second kappa shape index (κ2) is 5.98. The van der Waals surface area contributed by atoms with Crippen molar-refractivity contribution >= 4 is 17.5 Å². The molecule has 0 bridgehead atoms. The summed E-state index contributed by atoms with van der Waals surface area (Å²) in [5.74, 6) is 0.0262. The van der Waals surface area contributed by atoms with Gasteiger partial charge in [-0.3, -0.25) is 4.79 Å². The summed E-state index contributed by atoms with van der Waals surface area (Å²) in [5, 5.41) is 2.84. The Bertz CT molecular complexity index is 534. The summed E-state index contributed by atoms with van der Waals surface area (Å²) in [6, 6.07) is 6.10. The average molecular weight is 308 g/mol. The van der Waals surface area contributed by atoms with Crippen molar-refractivity contribution in [3.63, 3.8) is 0 Å². The van der Waals surface area contributed by atoms with Crippen molar-refractivity contribution in [2.24, 2.45) is 0 Å². The van der Waals surface area contributed by atoms with Gasteiger partial charge in [-0.05, 0) is 55.7 Å². The molecule has 1 aromatic rings. The molecule has 1 aromatic carbocycles. The molecule has 114 valence electrons. The minimum Gasteiger partial charge on any atom is -0.378 e. The fraction of sp³-hybridized carbons (Fsp3) is 0.588. The van der Waals surface area contributed by atoms with Crippen LogP contribution < -0.4 is 5.32 Å². The largest absolute Gasteiger partial charge is 0.378 e. The Hall–Kier alpha value is -1.06. The molecule has 3 nitrogen and oxygen atoms in total. The molecule has 2 aliphatic rings. The van der Waals surface area contributed by atoms with Gasteiger partial charge in [0.15, 0.2) is 0 Å². The van der Waals surface area contributed by atoms with E-state index in [1.54, 1.807) is 7.11 Å². The number of hydrogen-bond donors (Lipinski definition) is 1. The van der Waals surface area contributed by atoms with E-state index < -0.39 is 0 Å². The van der Waals surface area contributed by atoms with Crippen molar-refractivity contribution in [1.29, 1.82) is 0 Å². The summed E-state index contributed by atoms with van der Waals surface area (Å²) in [6.07, 6.45) is 6.13. The van der Waals surface area contributed by atoms with Gasteiger partial charge >= 0.3 is 0 Å². The average Bonchev–Trinajstić information content (AvgIpc) is 2.64. The summed E-state index contributed by atoms with van der Waals surface area (Å²) in [6.45, 7) is 0.750. The minimum atomic E-state index is -0.105. The van der Waals surface area contributed by atoms with Crippen LogP contribution in [0.25, 0.3) is 0 Å². The number of hydrogen-bond acceptors (Lipinski definition) is 2. The molecule has 0 radical (unpaired) electrons. The van der Waals surface area contributed by atoms with Crippen LogP contribution in [0.4, 0.5) is 0 Å². The highest BCUT2D eigenvalue weighted by atomic mass is 35.5. The van der Waals surface area contributed by atoms with Crippen molar-refractivity contribution in [3.8, 4) is 0 Å². The zero-order valence-electron chi connectivity index (χ0n) is 12.5. The summed E-state index contributed by atoms with van der Waals surface area (Å²) < 4.78 is 5.66. The maximum atomic E-state index is 12.1. The van der Waals surface area contributed by atoms with Crippen LogP contribution in [0.15, 0.2) is 18.2 Å². The third-order valence-electron chi connectivity index (χ3n) is 4.90. The van der Waals surface area contributed by atoms with Gasteiger partial charge in [0.2, 0.25) is 0 Å². The molecule has 1 N–H and O–H groups in total. The SMILES string of the molecule is COC1(CC(Cl)c2ccc3c(c2)C(=O)NCCC3)CCC1. The molecule has 1 atom stereocenters. The topological polar surface area (TPSA) is 38.3 Å². The Morgan fingerprint density at radius 1 is 1.38 bits per heavy atom. The lowest BCUT2D eigenvalue weighted by Crippen LogP contribution is -2.39. The van der Waals surface area contributed by atoms with Crippen molar-refractivity contribution in [3.05, 3.63) is 34.9 Å². The summed E-state index contributed by atoms with van der Waals surface area (Å²) in [4.78, 5) is 12.1. The zero-order valence-corrected chi connectivity index (χ0v) is 13.2. The Morgan fingerprint density at radius 2 is 2.19 bits per heavy atom. The standard InChI is InChI=1S/C17H22ClNO2/c1-21-17(7-3-8-17)11-15(18)13-6-5-12-4-2-9-19-16(20)14(12)10-13/h5-6,10,15H,2-4,7-9,11H2,1H3,(H,19,20). The number of methoxy groups -OCH3 is 1. The molecule has 4 heteroatoms. The second-order valence-electron chi connectivity index (χ2n) is 6.19. The number of fused-ring (bicyclic) bond motifs is 1. The number of ether oxygens (including phenoxy) is 1. The molecular weight excluding hydrogens is 286 g/mol. The van der Waals surface area contributed by atoms with Gasteiger partial charge < -0.3 is 10.1 Å². The van der Waals surface area contributed by atoms with E-state index in [0.29, 0.717) is 0 Å². The molecule has 3 rings (SSSR count). The first kappa shape index (κ1) is 14.9. The molecule has 21 heavy (non-hydrogen) atoms. The number of rotatable bonds is 4. The van der Waals surface area contributed by atoms with Gasteiger partial charge in [-0.25, -0.2) is 0 Å². The third kappa shape index (κ3) is 2.95. The number of carbonyl (C=O) groups excluding carboxylic acids is 1. The highest BCUT2D eigenvalue weighted by molar-refractivity contribution is 6.21. The maximum absolute atomic E-state index is 12.1. The maximum Gasteiger partial charge on any atom is 0.251 e. The van der Waals surface area contributed by atoms with Gasteiger partial charge in [0.25, 0.3) is 5.91 Å². The molecule has 1 unspecified atom stereocenters. The van der Waals surface area contributed by atoms with E-state index in [2.05, 4.69) is 17.4 Å². The van der Waals surface area contributed by atoms with E-state index in [9.17, 15) is 4.79 Å². The quantitative estimate of drug-likeness (QED) is 0.863. The Kier molecular flexibility index (Phi) is 4.23. The molecule has 1 saturated carbocycles. The lowest BCUT2D eigenvalue weighted by molar-refractivity contribution is -0.0780. The number of alkyl halides is 1. The van der Waals surface area contributed by atoms with Gasteiger partial charge in [-0.2, -0.15) is 0 Å². The minimum absolute atomic E-state index is 0.0262. The molecule has 1 aliphatic heterocycles. The molecule has 0 saturated heterocycles. The molecule has 1 heterocycles. The fourth-order valence-corrected chi connectivity index (χ4v) is 3.72. The first-order valence-corrected chi connectivity index (χ1v) is 8.17. The summed E-state index contributed by atoms with van der Waals surface area (Å²) >= 11 is 6.60. The summed E-state index contributed by atoms with van der Waals surface area (Å²) in [7, 11) is 1.77. The zero-order chi connectivity index (χ0) is 14.9. The van der Waals surface area contributed by atoms with Crippen molar-refractivity contribution in [2.75, 3.05) is 13.7 Å². The van der Waals surface area contributed by atoms with Crippen LogP contribution >= 0.6 is 11.6 Å². The van der Waals surface area contributed by atoms with Gasteiger partial charge in [0, 0.05) is 19.2 Å². The van der Waals surface area contributed by atoms with Gasteiger partial charge in [0.05, 0.1) is 11.0 Å². The van der Waals surface area contributed by atoms with Crippen LogP contribution in [0.1, 0.15) is 59.0 Å². The van der Waals surface area contributed by atoms with Crippen molar-refractivity contribution in [2.45, 2.75) is 49.5 Å². The van der Waals surface area contributed by atoms with E-state index in [4.69, 9.17) is 16.3 Å². The van der Waals surface area contributed by atoms with Crippen LogP contribution in [0, 0.1) is 0 Å². The lowest BCUT2D eigenvalue weighted by Gasteiger charge is -2.41. The number of nitrogens with one attached hydrogen (secondary N) is 1. The monoisotopic (exact) mass is 307 g/mol. The molecule has 1 fully saturated rings. The van der Waals surface area contributed by atoms with Crippen LogP contribution in [-0.4, -0.2) is 25.2 Å². The second-order valence-corrected chi connectivity index (χ2v) is 6.72. The van der Waals surface area contributed by atoms with Crippen LogP contribution in [-0.2, 0) is 11.2 Å². The molecule has 0 spiro atoms. The predicted molar refractivity (Wildman–Crippen MR) is 83.9 cm³/mol. The number of aryl methyl sites for hydroxylation is 1. The van der Waals surface area contributed by atoms with Crippen LogP contribution in [0.2, 0.25) is 0 Å². The highest BCUT2D eigenvalue weighted by Crippen LogP contribution is 2.44. The summed E-state index contributed by atoms with van der Waals surface area (Å²) in [5.41, 5.74) is 2.89. The van der Waals surface area contributed by atoms with E-state index in [-0.39, 0.29) is 16.9 Å². The van der Waals surface area contributed by atoms with Crippen LogP contribution in [0.5, 0.6) is 0 Å². The number of amides is 1. The fourth-order valence-electron chi connectivity index (χ4n) is 3.30. The number of benzene rings is 1. The lowest BCUT2D eigenvalue weighted by atomic mass is 9.76. The molecule has 1 aliphatic carbocycles. The van der Waals surface area contributed by atoms with E-state index in [0.717, 1.165) is 55.3 Å². The smallest absolute Gasteiger partial charge is 0.251 e. The van der Waals surface area contributed by atoms with E-state index in [1.807, 2.05) is 6.07 Å². The predicted octanol–water partition coefficient (Wildman–Crippen LogP) is 3.60. The first-order chi connectivity index (χ1) is 10.1. The Balaban J connectivity index is 1.81. The van der Waals surface area contributed by atoms with E-state index >= 15 is 0 Å². The van der Waals surface area contributed by atoms with Crippen LogP contribution in [0.3, 0.4) is 0 Å². The molecule has 1 amide bonds. The highest BCUT2D eigenvalue weighted by Gasteiger charge is 2.39. The van der Waals surface area contributed by atoms with E-state index in [1.165, 1.54) is 6.42 Å². The van der Waals surface area contributed by atoms with Gasteiger partial charge in [0.1, 0.15) is 0 Å². The molecular formula is C17H22ClNO2. The third-order valence-corrected chi connectivity index (χ3v) is 5.30. The number of carbonyl (C=O) groups is 1. The van der Waals surface area contributed by atoms with Crippen molar-refractivity contribution in [1.82, 2.24) is 5.32 Å². The van der Waals surface area contributed by atoms with Crippen molar-refractivity contribution < 1.29 is 9.53 Å². The normalized spacial score (nSPS) is 21.7.